The second kappa shape index (κ2) is 6.90. The molecule has 0 spiro atoms. The molecule has 2 rings (SSSR count). The fourth-order valence-electron chi connectivity index (χ4n) is 2.24. The standard InChI is InChI=1S/C14H21NO2S/c1-16-12-8-7-11(14(9-12)17-2)10-15-18-13-5-3-4-6-13/h7-9,13,15H,3-6,10H2,1-2H3. The average Bonchev–Trinajstić information content (AvgIpc) is 2.92. The zero-order chi connectivity index (χ0) is 12.8. The Morgan fingerprint density at radius 1 is 1.22 bits per heavy atom. The number of hydrogen-bond acceptors (Lipinski definition) is 4. The highest BCUT2D eigenvalue weighted by Gasteiger charge is 2.15. The molecule has 100 valence electrons. The number of methoxy groups -OCH3 is 2. The van der Waals surface area contributed by atoms with Gasteiger partial charge in [0.1, 0.15) is 11.5 Å². The van der Waals surface area contributed by atoms with Crippen LogP contribution in [0.2, 0.25) is 0 Å². The minimum absolute atomic E-state index is 0.786. The van der Waals surface area contributed by atoms with E-state index in [4.69, 9.17) is 9.47 Å². The Morgan fingerprint density at radius 2 is 2.00 bits per heavy atom. The van der Waals surface area contributed by atoms with E-state index >= 15 is 0 Å². The van der Waals surface area contributed by atoms with Crippen molar-refractivity contribution in [3.05, 3.63) is 23.8 Å². The molecule has 1 fully saturated rings. The molecular formula is C14H21NO2S. The Kier molecular flexibility index (Phi) is 5.20. The van der Waals surface area contributed by atoms with Crippen molar-refractivity contribution >= 4 is 11.9 Å². The van der Waals surface area contributed by atoms with Crippen LogP contribution in [0.4, 0.5) is 0 Å². The number of rotatable bonds is 6. The summed E-state index contributed by atoms with van der Waals surface area (Å²) in [5.74, 6) is 1.72. The van der Waals surface area contributed by atoms with E-state index in [-0.39, 0.29) is 0 Å². The highest BCUT2D eigenvalue weighted by atomic mass is 32.2. The Balaban J connectivity index is 1.87. The topological polar surface area (TPSA) is 30.5 Å². The maximum atomic E-state index is 5.38. The number of benzene rings is 1. The van der Waals surface area contributed by atoms with Crippen molar-refractivity contribution in [1.82, 2.24) is 4.72 Å². The minimum Gasteiger partial charge on any atom is -0.497 e. The lowest BCUT2D eigenvalue weighted by atomic mass is 10.2. The van der Waals surface area contributed by atoms with Crippen molar-refractivity contribution in [1.29, 1.82) is 0 Å². The maximum absolute atomic E-state index is 5.38. The van der Waals surface area contributed by atoms with Gasteiger partial charge < -0.3 is 9.47 Å². The van der Waals surface area contributed by atoms with E-state index in [0.29, 0.717) is 0 Å². The van der Waals surface area contributed by atoms with Crippen LogP contribution in [0.5, 0.6) is 11.5 Å². The van der Waals surface area contributed by atoms with Crippen LogP contribution in [-0.4, -0.2) is 19.5 Å². The first kappa shape index (κ1) is 13.6. The number of nitrogens with one attached hydrogen (secondary N) is 1. The van der Waals surface area contributed by atoms with Gasteiger partial charge in [-0.1, -0.05) is 30.9 Å². The minimum atomic E-state index is 0.786. The van der Waals surface area contributed by atoms with Crippen molar-refractivity contribution in [3.8, 4) is 11.5 Å². The van der Waals surface area contributed by atoms with Gasteiger partial charge >= 0.3 is 0 Å². The van der Waals surface area contributed by atoms with Gasteiger partial charge in [0.05, 0.1) is 14.2 Å². The molecule has 1 aliphatic carbocycles. The molecule has 3 nitrogen and oxygen atoms in total. The van der Waals surface area contributed by atoms with E-state index < -0.39 is 0 Å². The summed E-state index contributed by atoms with van der Waals surface area (Å²) in [6, 6.07) is 5.96. The first-order valence-corrected chi connectivity index (χ1v) is 7.31. The Labute approximate surface area is 113 Å². The van der Waals surface area contributed by atoms with E-state index in [0.717, 1.165) is 23.3 Å². The zero-order valence-corrected chi connectivity index (χ0v) is 11.9. The molecule has 0 bridgehead atoms. The average molecular weight is 267 g/mol. The Hall–Kier alpha value is -0.870. The first-order valence-electron chi connectivity index (χ1n) is 6.43. The molecule has 0 radical (unpaired) electrons. The Bertz CT molecular complexity index is 378. The molecule has 0 heterocycles. The van der Waals surface area contributed by atoms with E-state index in [1.165, 1.54) is 31.2 Å². The second-order valence-electron chi connectivity index (χ2n) is 4.52. The third-order valence-corrected chi connectivity index (χ3v) is 4.42. The molecule has 4 heteroatoms. The molecule has 18 heavy (non-hydrogen) atoms. The van der Waals surface area contributed by atoms with E-state index in [1.54, 1.807) is 14.2 Å². The molecule has 1 aliphatic rings. The van der Waals surface area contributed by atoms with Crippen LogP contribution in [0, 0.1) is 0 Å². The van der Waals surface area contributed by atoms with Gasteiger partial charge in [-0.15, -0.1) is 0 Å². The quantitative estimate of drug-likeness (QED) is 0.800. The van der Waals surface area contributed by atoms with Crippen LogP contribution in [0.1, 0.15) is 31.2 Å². The van der Waals surface area contributed by atoms with Gasteiger partial charge in [-0.3, -0.25) is 4.72 Å². The van der Waals surface area contributed by atoms with Gasteiger partial charge in [-0.25, -0.2) is 0 Å². The van der Waals surface area contributed by atoms with Gasteiger partial charge in [0.25, 0.3) is 0 Å². The van der Waals surface area contributed by atoms with E-state index in [2.05, 4.69) is 10.8 Å². The normalized spacial score (nSPS) is 15.9. The van der Waals surface area contributed by atoms with Gasteiger partial charge in [-0.2, -0.15) is 0 Å². The van der Waals surface area contributed by atoms with Crippen molar-refractivity contribution in [3.63, 3.8) is 0 Å². The van der Waals surface area contributed by atoms with Gasteiger partial charge in [0.2, 0.25) is 0 Å². The van der Waals surface area contributed by atoms with E-state index in [1.807, 2.05) is 24.1 Å². The molecule has 0 aliphatic heterocycles. The van der Waals surface area contributed by atoms with Crippen molar-refractivity contribution in [2.75, 3.05) is 14.2 Å². The molecule has 0 aromatic heterocycles. The fourth-order valence-corrected chi connectivity index (χ4v) is 3.28. The first-order chi connectivity index (χ1) is 8.83. The van der Waals surface area contributed by atoms with Crippen LogP contribution in [0.15, 0.2) is 18.2 Å². The molecule has 0 amide bonds. The summed E-state index contributed by atoms with van der Waals surface area (Å²) >= 11 is 1.87. The molecule has 0 saturated heterocycles. The smallest absolute Gasteiger partial charge is 0.127 e. The molecule has 1 aromatic rings. The van der Waals surface area contributed by atoms with E-state index in [9.17, 15) is 0 Å². The van der Waals surface area contributed by atoms with Gasteiger partial charge in [0, 0.05) is 23.4 Å². The summed E-state index contributed by atoms with van der Waals surface area (Å²) in [5, 5.41) is 0.786. The summed E-state index contributed by atoms with van der Waals surface area (Å²) in [5.41, 5.74) is 1.17. The second-order valence-corrected chi connectivity index (χ2v) is 5.71. The van der Waals surface area contributed by atoms with Crippen molar-refractivity contribution in [2.45, 2.75) is 37.5 Å². The number of hydrogen-bond donors (Lipinski definition) is 1. The molecular weight excluding hydrogens is 246 g/mol. The van der Waals surface area contributed by atoms with Crippen LogP contribution >= 0.6 is 11.9 Å². The SMILES string of the molecule is COc1ccc(CNSC2CCCC2)c(OC)c1. The van der Waals surface area contributed by atoms with Crippen molar-refractivity contribution < 1.29 is 9.47 Å². The van der Waals surface area contributed by atoms with Gasteiger partial charge in [-0.05, 0) is 18.9 Å². The largest absolute Gasteiger partial charge is 0.497 e. The maximum Gasteiger partial charge on any atom is 0.127 e. The monoisotopic (exact) mass is 267 g/mol. The highest BCUT2D eigenvalue weighted by molar-refractivity contribution is 7.98. The summed E-state index contributed by atoms with van der Waals surface area (Å²) in [6.07, 6.45) is 5.45. The Morgan fingerprint density at radius 3 is 2.67 bits per heavy atom. The summed E-state index contributed by atoms with van der Waals surface area (Å²) in [6.45, 7) is 0.828. The van der Waals surface area contributed by atoms with Crippen molar-refractivity contribution in [2.24, 2.45) is 0 Å². The predicted octanol–water partition coefficient (Wildman–Crippen LogP) is 3.38. The molecule has 1 aromatic carbocycles. The van der Waals surface area contributed by atoms with Gasteiger partial charge in [0.15, 0.2) is 0 Å². The fraction of sp³-hybridized carbons (Fsp3) is 0.571. The summed E-state index contributed by atoms with van der Waals surface area (Å²) in [7, 11) is 3.37. The van der Waals surface area contributed by atoms with Crippen LogP contribution in [0.3, 0.4) is 0 Å². The molecule has 0 unspecified atom stereocenters. The summed E-state index contributed by atoms with van der Waals surface area (Å²) < 4.78 is 14.0. The lowest BCUT2D eigenvalue weighted by Crippen LogP contribution is -2.10. The third kappa shape index (κ3) is 3.56. The lowest BCUT2D eigenvalue weighted by Gasteiger charge is -2.13. The highest BCUT2D eigenvalue weighted by Crippen LogP contribution is 2.29. The molecule has 1 N–H and O–H groups in total. The number of ether oxygens (including phenoxy) is 2. The molecule has 1 saturated carbocycles. The molecule has 0 atom stereocenters. The van der Waals surface area contributed by atoms with Crippen LogP contribution in [-0.2, 0) is 6.54 Å². The lowest BCUT2D eigenvalue weighted by molar-refractivity contribution is 0.391. The summed E-state index contributed by atoms with van der Waals surface area (Å²) in [4.78, 5) is 0. The van der Waals surface area contributed by atoms with Crippen LogP contribution < -0.4 is 14.2 Å². The van der Waals surface area contributed by atoms with Crippen LogP contribution in [0.25, 0.3) is 0 Å². The third-order valence-electron chi connectivity index (χ3n) is 3.31. The predicted molar refractivity (Wildman–Crippen MR) is 76.2 cm³/mol. The zero-order valence-electron chi connectivity index (χ0n) is 11.1.